The number of aryl methyl sites for hydroxylation is 2. The zero-order chi connectivity index (χ0) is 18.4. The molecule has 0 unspecified atom stereocenters. The fraction of sp³-hybridized carbons (Fsp3) is 0.278. The summed E-state index contributed by atoms with van der Waals surface area (Å²) in [6, 6.07) is 12.1. The Bertz CT molecular complexity index is 862. The van der Waals surface area contributed by atoms with Crippen LogP contribution >= 0.6 is 23.1 Å². The molecule has 1 N–H and O–H groups in total. The van der Waals surface area contributed by atoms with Gasteiger partial charge in [0.1, 0.15) is 10.0 Å². The van der Waals surface area contributed by atoms with Crippen LogP contribution in [0.5, 0.6) is 0 Å². The first kappa shape index (κ1) is 18.5. The van der Waals surface area contributed by atoms with E-state index in [9.17, 15) is 4.79 Å². The molecule has 2 aromatic heterocycles. The van der Waals surface area contributed by atoms with Gasteiger partial charge in [-0.1, -0.05) is 61.2 Å². The van der Waals surface area contributed by atoms with Crippen LogP contribution in [0.1, 0.15) is 24.4 Å². The average molecular weight is 386 g/mol. The van der Waals surface area contributed by atoms with E-state index < -0.39 is 0 Å². The zero-order valence-electron chi connectivity index (χ0n) is 14.6. The van der Waals surface area contributed by atoms with Gasteiger partial charge in [0.05, 0.1) is 11.4 Å². The molecule has 1 amide bonds. The molecule has 0 saturated carbocycles. The van der Waals surface area contributed by atoms with Gasteiger partial charge in [-0.15, -0.1) is 20.4 Å². The summed E-state index contributed by atoms with van der Waals surface area (Å²) in [4.78, 5) is 12.0. The average Bonchev–Trinajstić information content (AvgIpc) is 3.14. The van der Waals surface area contributed by atoms with Crippen LogP contribution in [0.2, 0.25) is 0 Å². The number of hydrogen-bond acceptors (Lipinski definition) is 7. The largest absolute Gasteiger partial charge is 0.300 e. The van der Waals surface area contributed by atoms with E-state index in [0.29, 0.717) is 10.2 Å². The van der Waals surface area contributed by atoms with E-state index in [1.54, 1.807) is 0 Å². The summed E-state index contributed by atoms with van der Waals surface area (Å²) in [6.45, 7) is 4.13. The predicted octanol–water partition coefficient (Wildman–Crippen LogP) is 3.85. The molecule has 0 fully saturated rings. The number of amides is 1. The number of hydrogen-bond donors (Lipinski definition) is 1. The summed E-state index contributed by atoms with van der Waals surface area (Å²) in [5.74, 6) is 0.120. The van der Waals surface area contributed by atoms with Gasteiger partial charge in [-0.25, -0.2) is 0 Å². The van der Waals surface area contributed by atoms with Gasteiger partial charge in [-0.05, 0) is 30.5 Å². The van der Waals surface area contributed by atoms with Crippen molar-refractivity contribution < 1.29 is 4.79 Å². The van der Waals surface area contributed by atoms with E-state index in [2.05, 4.69) is 56.9 Å². The highest BCUT2D eigenvalue weighted by molar-refractivity contribution is 7.99. The predicted molar refractivity (Wildman–Crippen MR) is 105 cm³/mol. The fourth-order valence-electron chi connectivity index (χ4n) is 2.20. The molecule has 3 aromatic rings. The number of nitrogens with one attached hydrogen (secondary N) is 1. The topological polar surface area (TPSA) is 80.7 Å². The first-order valence-electron chi connectivity index (χ1n) is 8.36. The molecule has 6 nitrogen and oxygen atoms in total. The Labute approximate surface area is 160 Å². The molecule has 0 atom stereocenters. The van der Waals surface area contributed by atoms with Crippen LogP contribution in [0, 0.1) is 0 Å². The molecular weight excluding hydrogens is 366 g/mol. The van der Waals surface area contributed by atoms with E-state index in [4.69, 9.17) is 0 Å². The lowest BCUT2D eigenvalue weighted by molar-refractivity contribution is -0.113. The molecule has 0 spiro atoms. The third-order valence-electron chi connectivity index (χ3n) is 3.66. The van der Waals surface area contributed by atoms with E-state index >= 15 is 0 Å². The minimum atomic E-state index is -0.130. The number of benzene rings is 1. The van der Waals surface area contributed by atoms with Crippen molar-refractivity contribution in [3.05, 3.63) is 47.0 Å². The van der Waals surface area contributed by atoms with Gasteiger partial charge in [0.2, 0.25) is 11.0 Å². The Kier molecular flexibility index (Phi) is 6.30. The number of nitrogens with zero attached hydrogens (tertiary/aromatic N) is 4. The third-order valence-corrected chi connectivity index (χ3v) is 5.57. The molecule has 0 aliphatic heterocycles. The van der Waals surface area contributed by atoms with Gasteiger partial charge in [0.15, 0.2) is 0 Å². The van der Waals surface area contributed by atoms with Gasteiger partial charge in [-0.3, -0.25) is 10.1 Å². The highest BCUT2D eigenvalue weighted by Gasteiger charge is 2.09. The molecule has 2 heterocycles. The van der Waals surface area contributed by atoms with Crippen molar-refractivity contribution in [2.45, 2.75) is 31.7 Å². The number of aromatic nitrogens is 4. The van der Waals surface area contributed by atoms with Gasteiger partial charge in [0.25, 0.3) is 0 Å². The quantitative estimate of drug-likeness (QED) is 0.622. The van der Waals surface area contributed by atoms with Gasteiger partial charge >= 0.3 is 0 Å². The van der Waals surface area contributed by atoms with E-state index in [1.165, 1.54) is 28.7 Å². The maximum absolute atomic E-state index is 12.0. The number of rotatable bonds is 7. The van der Waals surface area contributed by atoms with E-state index in [-0.39, 0.29) is 11.7 Å². The molecule has 134 valence electrons. The summed E-state index contributed by atoms with van der Waals surface area (Å²) < 4.78 is 0. The second-order valence-corrected chi connectivity index (χ2v) is 7.56. The lowest BCUT2D eigenvalue weighted by Crippen LogP contribution is -2.14. The molecule has 0 saturated heterocycles. The van der Waals surface area contributed by atoms with E-state index in [0.717, 1.165) is 29.1 Å². The molecule has 0 radical (unpaired) electrons. The Morgan fingerprint density at radius 2 is 1.81 bits per heavy atom. The van der Waals surface area contributed by atoms with E-state index in [1.807, 2.05) is 19.1 Å². The van der Waals surface area contributed by atoms with Crippen LogP contribution in [0.4, 0.5) is 5.13 Å². The van der Waals surface area contributed by atoms with Crippen LogP contribution in [0.15, 0.2) is 41.4 Å². The Balaban J connectivity index is 1.54. The molecule has 0 aliphatic carbocycles. The first-order valence-corrected chi connectivity index (χ1v) is 10.2. The summed E-state index contributed by atoms with van der Waals surface area (Å²) in [5, 5.41) is 21.3. The highest BCUT2D eigenvalue weighted by atomic mass is 32.2. The first-order chi connectivity index (χ1) is 12.7. The summed E-state index contributed by atoms with van der Waals surface area (Å²) in [5.41, 5.74) is 3.15. The summed E-state index contributed by atoms with van der Waals surface area (Å²) >= 11 is 2.73. The van der Waals surface area contributed by atoms with Gasteiger partial charge in [-0.2, -0.15) is 0 Å². The van der Waals surface area contributed by atoms with Crippen molar-refractivity contribution in [3.63, 3.8) is 0 Å². The van der Waals surface area contributed by atoms with Gasteiger partial charge in [0, 0.05) is 5.56 Å². The molecular formula is C18H19N5OS2. The van der Waals surface area contributed by atoms with Crippen molar-refractivity contribution >= 4 is 34.1 Å². The Morgan fingerprint density at radius 1 is 1.00 bits per heavy atom. The van der Waals surface area contributed by atoms with Crippen molar-refractivity contribution in [3.8, 4) is 11.3 Å². The van der Waals surface area contributed by atoms with Crippen LogP contribution in [0.25, 0.3) is 11.3 Å². The number of carbonyl (C=O) groups excluding carboxylic acids is 1. The molecule has 1 aromatic carbocycles. The van der Waals surface area contributed by atoms with Crippen LogP contribution < -0.4 is 5.32 Å². The Hall–Kier alpha value is -2.32. The van der Waals surface area contributed by atoms with Gasteiger partial charge < -0.3 is 0 Å². The molecule has 26 heavy (non-hydrogen) atoms. The third kappa shape index (κ3) is 4.86. The van der Waals surface area contributed by atoms with Crippen LogP contribution in [0.3, 0.4) is 0 Å². The fourth-order valence-corrected chi connectivity index (χ4v) is 3.51. The maximum atomic E-state index is 12.0. The lowest BCUT2D eigenvalue weighted by Gasteiger charge is -2.04. The standard InChI is InChI=1S/C18H19N5OS2/c1-3-12-5-7-13(8-6-12)14-9-10-17(22-20-14)25-11-15(24)19-18-23-21-16(4-2)26-18/h5-10H,3-4,11H2,1-2H3,(H,19,23,24). The minimum Gasteiger partial charge on any atom is -0.300 e. The van der Waals surface area contributed by atoms with Crippen molar-refractivity contribution in [2.24, 2.45) is 0 Å². The number of anilines is 1. The second-order valence-electron chi connectivity index (χ2n) is 5.50. The minimum absolute atomic E-state index is 0.130. The van der Waals surface area contributed by atoms with Crippen molar-refractivity contribution in [2.75, 3.05) is 11.1 Å². The lowest BCUT2D eigenvalue weighted by atomic mass is 10.1. The summed E-state index contributed by atoms with van der Waals surface area (Å²) in [6.07, 6.45) is 1.83. The molecule has 8 heteroatoms. The highest BCUT2D eigenvalue weighted by Crippen LogP contribution is 2.21. The normalized spacial score (nSPS) is 10.7. The maximum Gasteiger partial charge on any atom is 0.236 e. The second kappa shape index (κ2) is 8.86. The number of thioether (sulfide) groups is 1. The molecule has 0 bridgehead atoms. The number of carbonyl (C=O) groups is 1. The molecule has 0 aliphatic rings. The smallest absolute Gasteiger partial charge is 0.236 e. The SMILES string of the molecule is CCc1ccc(-c2ccc(SCC(=O)Nc3nnc(CC)s3)nn2)cc1. The van der Waals surface area contributed by atoms with Crippen molar-refractivity contribution in [1.29, 1.82) is 0 Å². The monoisotopic (exact) mass is 385 g/mol. The van der Waals surface area contributed by atoms with Crippen molar-refractivity contribution in [1.82, 2.24) is 20.4 Å². The molecule has 3 rings (SSSR count). The van der Waals surface area contributed by atoms with Crippen LogP contribution in [-0.2, 0) is 17.6 Å². The van der Waals surface area contributed by atoms with Crippen LogP contribution in [-0.4, -0.2) is 32.1 Å². The summed E-state index contributed by atoms with van der Waals surface area (Å²) in [7, 11) is 0. The Morgan fingerprint density at radius 3 is 2.42 bits per heavy atom. The zero-order valence-corrected chi connectivity index (χ0v) is 16.2.